The summed E-state index contributed by atoms with van der Waals surface area (Å²) in [7, 11) is 0. The molecule has 2 nitrogen and oxygen atoms in total. The molecule has 0 saturated carbocycles. The summed E-state index contributed by atoms with van der Waals surface area (Å²) in [6.45, 7) is 11.0. The summed E-state index contributed by atoms with van der Waals surface area (Å²) in [5.41, 5.74) is 3.06. The lowest BCUT2D eigenvalue weighted by Crippen LogP contribution is -2.40. The SMILES string of the molecule is CCNCc1ccc(Cl)cc1N1CCCC(C)(C)C1. The molecule has 0 unspecified atom stereocenters. The van der Waals surface area contributed by atoms with Crippen LogP contribution in [-0.4, -0.2) is 19.6 Å². The van der Waals surface area contributed by atoms with Crippen LogP contribution in [0.5, 0.6) is 0 Å². The minimum atomic E-state index is 0.399. The standard InChI is InChI=1S/C16H25ClN2/c1-4-18-11-13-6-7-14(17)10-15(13)19-9-5-8-16(2,3)12-19/h6-7,10,18H,4-5,8-9,11-12H2,1-3H3. The summed E-state index contributed by atoms with van der Waals surface area (Å²) in [6.07, 6.45) is 2.58. The lowest BCUT2D eigenvalue weighted by Gasteiger charge is -2.40. The Bertz CT molecular complexity index is 429. The molecular weight excluding hydrogens is 256 g/mol. The maximum atomic E-state index is 6.19. The van der Waals surface area contributed by atoms with Gasteiger partial charge in [0.2, 0.25) is 0 Å². The molecule has 0 atom stereocenters. The highest BCUT2D eigenvalue weighted by Gasteiger charge is 2.27. The summed E-state index contributed by atoms with van der Waals surface area (Å²) < 4.78 is 0. The fraction of sp³-hybridized carbons (Fsp3) is 0.625. The van der Waals surface area contributed by atoms with Gasteiger partial charge in [-0.25, -0.2) is 0 Å². The summed E-state index contributed by atoms with van der Waals surface area (Å²) in [6, 6.07) is 6.27. The topological polar surface area (TPSA) is 15.3 Å². The fourth-order valence-corrected chi connectivity index (χ4v) is 3.04. The van der Waals surface area contributed by atoms with Gasteiger partial charge in [0.05, 0.1) is 0 Å². The van der Waals surface area contributed by atoms with E-state index in [-0.39, 0.29) is 0 Å². The Morgan fingerprint density at radius 3 is 2.84 bits per heavy atom. The fourth-order valence-electron chi connectivity index (χ4n) is 2.87. The number of rotatable bonds is 4. The van der Waals surface area contributed by atoms with E-state index in [2.05, 4.69) is 43.1 Å². The van der Waals surface area contributed by atoms with E-state index in [9.17, 15) is 0 Å². The van der Waals surface area contributed by atoms with Crippen LogP contribution in [0, 0.1) is 5.41 Å². The van der Waals surface area contributed by atoms with Crippen molar-refractivity contribution in [1.82, 2.24) is 5.32 Å². The smallest absolute Gasteiger partial charge is 0.0426 e. The third kappa shape index (κ3) is 3.87. The zero-order chi connectivity index (χ0) is 13.9. The molecule has 1 saturated heterocycles. The van der Waals surface area contributed by atoms with Gasteiger partial charge in [0.15, 0.2) is 0 Å². The number of nitrogens with one attached hydrogen (secondary N) is 1. The van der Waals surface area contributed by atoms with E-state index in [0.717, 1.165) is 31.2 Å². The monoisotopic (exact) mass is 280 g/mol. The summed E-state index contributed by atoms with van der Waals surface area (Å²) in [5, 5.41) is 4.25. The van der Waals surface area contributed by atoms with Crippen molar-refractivity contribution in [3.8, 4) is 0 Å². The maximum absolute atomic E-state index is 6.19. The molecule has 1 aliphatic rings. The number of hydrogen-bond donors (Lipinski definition) is 1. The molecule has 2 rings (SSSR count). The largest absolute Gasteiger partial charge is 0.371 e. The van der Waals surface area contributed by atoms with Crippen molar-refractivity contribution in [3.63, 3.8) is 0 Å². The van der Waals surface area contributed by atoms with Gasteiger partial charge in [-0.05, 0) is 42.5 Å². The van der Waals surface area contributed by atoms with Crippen LogP contribution in [0.3, 0.4) is 0 Å². The van der Waals surface area contributed by atoms with Crippen LogP contribution in [-0.2, 0) is 6.54 Å². The van der Waals surface area contributed by atoms with Gasteiger partial charge in [0.1, 0.15) is 0 Å². The molecule has 1 aromatic rings. The molecule has 1 fully saturated rings. The average Bonchev–Trinajstić information content (AvgIpc) is 2.36. The Morgan fingerprint density at radius 1 is 1.37 bits per heavy atom. The lowest BCUT2D eigenvalue weighted by atomic mass is 9.84. The van der Waals surface area contributed by atoms with E-state index in [1.807, 2.05) is 6.07 Å². The highest BCUT2D eigenvalue weighted by atomic mass is 35.5. The highest BCUT2D eigenvalue weighted by Crippen LogP contribution is 2.34. The molecule has 0 spiro atoms. The first kappa shape index (κ1) is 14.7. The molecule has 1 aliphatic heterocycles. The Morgan fingerprint density at radius 2 is 2.16 bits per heavy atom. The average molecular weight is 281 g/mol. The van der Waals surface area contributed by atoms with Gasteiger partial charge in [-0.1, -0.05) is 38.4 Å². The minimum absolute atomic E-state index is 0.399. The van der Waals surface area contributed by atoms with E-state index in [1.54, 1.807) is 0 Å². The third-order valence-electron chi connectivity index (χ3n) is 3.85. The normalized spacial score (nSPS) is 18.6. The maximum Gasteiger partial charge on any atom is 0.0426 e. The van der Waals surface area contributed by atoms with Crippen molar-refractivity contribution in [1.29, 1.82) is 0 Å². The lowest BCUT2D eigenvalue weighted by molar-refractivity contribution is 0.293. The predicted molar refractivity (Wildman–Crippen MR) is 84.1 cm³/mol. The van der Waals surface area contributed by atoms with E-state index >= 15 is 0 Å². The van der Waals surface area contributed by atoms with Crippen molar-refractivity contribution in [2.75, 3.05) is 24.5 Å². The summed E-state index contributed by atoms with van der Waals surface area (Å²) in [4.78, 5) is 2.50. The van der Waals surface area contributed by atoms with Gasteiger partial charge >= 0.3 is 0 Å². The summed E-state index contributed by atoms with van der Waals surface area (Å²) in [5.74, 6) is 0. The number of benzene rings is 1. The van der Waals surface area contributed by atoms with E-state index < -0.39 is 0 Å². The second-order valence-electron chi connectivity index (χ2n) is 6.24. The van der Waals surface area contributed by atoms with Crippen LogP contribution in [0.15, 0.2) is 18.2 Å². The minimum Gasteiger partial charge on any atom is -0.371 e. The number of hydrogen-bond acceptors (Lipinski definition) is 2. The Hall–Kier alpha value is -0.730. The molecule has 0 aliphatic carbocycles. The third-order valence-corrected chi connectivity index (χ3v) is 4.09. The van der Waals surface area contributed by atoms with Crippen molar-refractivity contribution in [3.05, 3.63) is 28.8 Å². The zero-order valence-corrected chi connectivity index (χ0v) is 13.1. The number of piperidine rings is 1. The number of anilines is 1. The summed E-state index contributed by atoms with van der Waals surface area (Å²) >= 11 is 6.19. The molecule has 1 aromatic carbocycles. The quantitative estimate of drug-likeness (QED) is 0.894. The second kappa shape index (κ2) is 6.15. The van der Waals surface area contributed by atoms with Crippen LogP contribution in [0.25, 0.3) is 0 Å². The molecule has 0 aromatic heterocycles. The molecule has 0 radical (unpaired) electrons. The van der Waals surface area contributed by atoms with Crippen molar-refractivity contribution >= 4 is 17.3 Å². The number of halogens is 1. The molecule has 106 valence electrons. The van der Waals surface area contributed by atoms with Gasteiger partial charge in [-0.2, -0.15) is 0 Å². The number of nitrogens with zero attached hydrogens (tertiary/aromatic N) is 1. The Balaban J connectivity index is 2.23. The molecular formula is C16H25ClN2. The van der Waals surface area contributed by atoms with Gasteiger partial charge in [0, 0.05) is 30.3 Å². The second-order valence-corrected chi connectivity index (χ2v) is 6.68. The van der Waals surface area contributed by atoms with Crippen molar-refractivity contribution in [2.45, 2.75) is 40.2 Å². The molecule has 1 heterocycles. The molecule has 1 N–H and O–H groups in total. The molecule has 0 bridgehead atoms. The Labute approximate surface area is 122 Å². The van der Waals surface area contributed by atoms with Gasteiger partial charge in [-0.3, -0.25) is 0 Å². The first-order chi connectivity index (χ1) is 9.02. The van der Waals surface area contributed by atoms with E-state index in [1.165, 1.54) is 24.1 Å². The van der Waals surface area contributed by atoms with Gasteiger partial charge < -0.3 is 10.2 Å². The van der Waals surface area contributed by atoms with Gasteiger partial charge in [0.25, 0.3) is 0 Å². The van der Waals surface area contributed by atoms with Crippen molar-refractivity contribution in [2.24, 2.45) is 5.41 Å². The van der Waals surface area contributed by atoms with E-state index in [4.69, 9.17) is 11.6 Å². The molecule has 19 heavy (non-hydrogen) atoms. The van der Waals surface area contributed by atoms with Crippen LogP contribution in [0.4, 0.5) is 5.69 Å². The van der Waals surface area contributed by atoms with Gasteiger partial charge in [-0.15, -0.1) is 0 Å². The molecule has 0 amide bonds. The zero-order valence-electron chi connectivity index (χ0n) is 12.3. The predicted octanol–water partition coefficient (Wildman–Crippen LogP) is 4.08. The first-order valence-electron chi connectivity index (χ1n) is 7.26. The van der Waals surface area contributed by atoms with Crippen LogP contribution < -0.4 is 10.2 Å². The Kier molecular flexibility index (Phi) is 4.75. The highest BCUT2D eigenvalue weighted by molar-refractivity contribution is 6.30. The van der Waals surface area contributed by atoms with Crippen LogP contribution in [0.2, 0.25) is 5.02 Å². The van der Waals surface area contributed by atoms with Crippen molar-refractivity contribution < 1.29 is 0 Å². The van der Waals surface area contributed by atoms with E-state index in [0.29, 0.717) is 5.41 Å². The van der Waals surface area contributed by atoms with Crippen LogP contribution >= 0.6 is 11.6 Å². The molecule has 3 heteroatoms. The van der Waals surface area contributed by atoms with Crippen LogP contribution in [0.1, 0.15) is 39.2 Å². The first-order valence-corrected chi connectivity index (χ1v) is 7.64.